The van der Waals surface area contributed by atoms with Crippen molar-refractivity contribution in [3.63, 3.8) is 0 Å². The molecule has 3 aromatic rings. The summed E-state index contributed by atoms with van der Waals surface area (Å²) in [6.45, 7) is 5.15. The molecule has 4 nitrogen and oxygen atoms in total. The van der Waals surface area contributed by atoms with Gasteiger partial charge < -0.3 is 10.2 Å². The van der Waals surface area contributed by atoms with Gasteiger partial charge in [0.25, 0.3) is 0 Å². The maximum Gasteiger partial charge on any atom is 0.223 e. The Balaban J connectivity index is 1.62. The number of hydrogen-bond acceptors (Lipinski definition) is 3. The van der Waals surface area contributed by atoms with Crippen molar-refractivity contribution in [1.29, 1.82) is 0 Å². The highest BCUT2D eigenvalue weighted by Crippen LogP contribution is 2.52. The second kappa shape index (κ2) is 5.93. The lowest BCUT2D eigenvalue weighted by Crippen LogP contribution is -2.68. The van der Waals surface area contributed by atoms with Crippen molar-refractivity contribution in [1.82, 2.24) is 10.3 Å². The summed E-state index contributed by atoms with van der Waals surface area (Å²) in [6, 6.07) is 18.8. The molecule has 1 aromatic heterocycles. The number of benzene rings is 2. The average Bonchev–Trinajstić information content (AvgIpc) is 2.90. The molecule has 2 aliphatic heterocycles. The van der Waals surface area contributed by atoms with Crippen LogP contribution in [0.1, 0.15) is 31.4 Å². The first-order valence-electron chi connectivity index (χ1n) is 9.73. The highest BCUT2D eigenvalue weighted by atomic mass is 16.2. The highest BCUT2D eigenvalue weighted by Gasteiger charge is 2.57. The van der Waals surface area contributed by atoms with Gasteiger partial charge in [0.1, 0.15) is 5.66 Å². The monoisotopic (exact) mass is 369 g/mol. The van der Waals surface area contributed by atoms with Gasteiger partial charge in [0.15, 0.2) is 0 Å². The van der Waals surface area contributed by atoms with Gasteiger partial charge in [-0.05, 0) is 41.5 Å². The van der Waals surface area contributed by atoms with Crippen LogP contribution in [-0.2, 0) is 10.2 Å². The van der Waals surface area contributed by atoms with Crippen LogP contribution < -0.4 is 10.2 Å². The lowest BCUT2D eigenvalue weighted by atomic mass is 9.74. The summed E-state index contributed by atoms with van der Waals surface area (Å²) in [7, 11) is 0. The minimum absolute atomic E-state index is 0.101. The van der Waals surface area contributed by atoms with E-state index in [2.05, 4.69) is 83.7 Å². The second-order valence-electron chi connectivity index (χ2n) is 8.15. The quantitative estimate of drug-likeness (QED) is 0.734. The molecule has 0 radical (unpaired) electrons. The van der Waals surface area contributed by atoms with Crippen LogP contribution in [0.15, 0.2) is 66.9 Å². The first-order valence-corrected chi connectivity index (χ1v) is 9.73. The molecule has 2 aliphatic rings. The van der Waals surface area contributed by atoms with E-state index in [9.17, 15) is 4.79 Å². The number of carbonyl (C=O) groups is 1. The number of fused-ring (bicyclic) bond motifs is 4. The van der Waals surface area contributed by atoms with Crippen molar-refractivity contribution >= 4 is 28.6 Å². The molecule has 0 bridgehead atoms. The molecule has 0 saturated carbocycles. The van der Waals surface area contributed by atoms with E-state index in [1.807, 2.05) is 18.3 Å². The number of para-hydroxylation sites is 1. The predicted octanol–water partition coefficient (Wildman–Crippen LogP) is 4.26. The first kappa shape index (κ1) is 17.0. The van der Waals surface area contributed by atoms with Gasteiger partial charge in [-0.2, -0.15) is 0 Å². The molecule has 1 unspecified atom stereocenters. The average molecular weight is 369 g/mol. The number of anilines is 1. The molecule has 0 aliphatic carbocycles. The van der Waals surface area contributed by atoms with Crippen molar-refractivity contribution in [2.24, 2.45) is 0 Å². The zero-order chi connectivity index (χ0) is 19.4. The third-order valence-corrected chi connectivity index (χ3v) is 6.28. The molecule has 4 heteroatoms. The van der Waals surface area contributed by atoms with E-state index >= 15 is 0 Å². The molecule has 3 heterocycles. The lowest BCUT2D eigenvalue weighted by molar-refractivity contribution is -0.124. The molecular formula is C24H23N3O. The molecule has 140 valence electrons. The Bertz CT molecular complexity index is 1120. The summed E-state index contributed by atoms with van der Waals surface area (Å²) in [5.41, 5.74) is 3.73. The fraction of sp³-hybridized carbons (Fsp3) is 0.250. The maximum atomic E-state index is 12.5. The zero-order valence-electron chi connectivity index (χ0n) is 16.1. The Morgan fingerprint density at radius 3 is 2.86 bits per heavy atom. The summed E-state index contributed by atoms with van der Waals surface area (Å²) < 4.78 is 0. The molecule has 1 amide bonds. The third-order valence-electron chi connectivity index (χ3n) is 6.28. The van der Waals surface area contributed by atoms with Crippen LogP contribution in [0.5, 0.6) is 0 Å². The zero-order valence-corrected chi connectivity index (χ0v) is 16.1. The van der Waals surface area contributed by atoms with Crippen LogP contribution in [0.4, 0.5) is 5.69 Å². The van der Waals surface area contributed by atoms with Gasteiger partial charge in [-0.15, -0.1) is 0 Å². The van der Waals surface area contributed by atoms with Crippen molar-refractivity contribution in [2.45, 2.75) is 31.3 Å². The topological polar surface area (TPSA) is 45.2 Å². The van der Waals surface area contributed by atoms with Crippen LogP contribution in [0.25, 0.3) is 17.0 Å². The minimum Gasteiger partial charge on any atom is -0.344 e. The second-order valence-corrected chi connectivity index (χ2v) is 8.15. The number of nitrogens with one attached hydrogen (secondary N) is 1. The van der Waals surface area contributed by atoms with E-state index in [4.69, 9.17) is 0 Å². The maximum absolute atomic E-state index is 12.5. The third kappa shape index (κ3) is 2.30. The summed E-state index contributed by atoms with van der Waals surface area (Å²) in [4.78, 5) is 19.2. The van der Waals surface area contributed by atoms with Gasteiger partial charge in [-0.3, -0.25) is 9.78 Å². The van der Waals surface area contributed by atoms with Crippen LogP contribution in [-0.4, -0.2) is 23.1 Å². The van der Waals surface area contributed by atoms with Crippen LogP contribution in [0.3, 0.4) is 0 Å². The number of amides is 1. The molecular weight excluding hydrogens is 346 g/mol. The standard InChI is InChI=1S/C24H23N3O/c1-23(2)19-7-3-4-8-21(19)27-15-12-22(28)26-24(23,27)13-11-17-9-10-20-18(16-17)6-5-14-25-20/h3-11,13-14,16H,12,15H2,1-2H3,(H,26,28)/b13-11+. The number of aromatic nitrogens is 1. The largest absolute Gasteiger partial charge is 0.344 e. The van der Waals surface area contributed by atoms with Crippen molar-refractivity contribution in [3.8, 4) is 0 Å². The number of carbonyl (C=O) groups excluding carboxylic acids is 1. The van der Waals surface area contributed by atoms with E-state index in [0.717, 1.165) is 23.0 Å². The Labute approximate surface area is 164 Å². The Morgan fingerprint density at radius 1 is 1.11 bits per heavy atom. The first-order chi connectivity index (χ1) is 13.5. The molecule has 28 heavy (non-hydrogen) atoms. The smallest absolute Gasteiger partial charge is 0.223 e. The fourth-order valence-corrected chi connectivity index (χ4v) is 4.73. The molecule has 1 saturated heterocycles. The minimum atomic E-state index is -0.573. The Hall–Kier alpha value is -3.14. The highest BCUT2D eigenvalue weighted by molar-refractivity contribution is 5.85. The SMILES string of the molecule is CC1(C)c2ccccc2N2CCC(=O)NC21/C=C/c1ccc2ncccc2c1. The lowest BCUT2D eigenvalue weighted by Gasteiger charge is -2.49. The van der Waals surface area contributed by atoms with E-state index in [-0.39, 0.29) is 11.3 Å². The fourth-order valence-electron chi connectivity index (χ4n) is 4.73. The van der Waals surface area contributed by atoms with E-state index in [0.29, 0.717) is 6.42 Å². The van der Waals surface area contributed by atoms with Crippen LogP contribution in [0.2, 0.25) is 0 Å². The Morgan fingerprint density at radius 2 is 1.96 bits per heavy atom. The van der Waals surface area contributed by atoms with Gasteiger partial charge in [0.05, 0.1) is 5.52 Å². The van der Waals surface area contributed by atoms with E-state index < -0.39 is 5.66 Å². The molecule has 2 aromatic carbocycles. The summed E-state index contributed by atoms with van der Waals surface area (Å²) in [6.07, 6.45) is 6.62. The van der Waals surface area contributed by atoms with Gasteiger partial charge in [0, 0.05) is 35.7 Å². The van der Waals surface area contributed by atoms with Crippen molar-refractivity contribution in [2.75, 3.05) is 11.4 Å². The molecule has 1 N–H and O–H groups in total. The number of nitrogens with zero attached hydrogens (tertiary/aromatic N) is 2. The van der Waals surface area contributed by atoms with E-state index in [1.54, 1.807) is 0 Å². The van der Waals surface area contributed by atoms with Crippen molar-refractivity contribution in [3.05, 3.63) is 78.0 Å². The molecule has 5 rings (SSSR count). The number of hydrogen-bond donors (Lipinski definition) is 1. The molecule has 0 spiro atoms. The Kier molecular flexibility index (Phi) is 3.60. The normalized spacial score (nSPS) is 22.9. The summed E-state index contributed by atoms with van der Waals surface area (Å²) in [5.74, 6) is 0.101. The summed E-state index contributed by atoms with van der Waals surface area (Å²) in [5, 5.41) is 4.44. The van der Waals surface area contributed by atoms with Gasteiger partial charge in [0.2, 0.25) is 5.91 Å². The molecule has 1 fully saturated rings. The van der Waals surface area contributed by atoms with Gasteiger partial charge >= 0.3 is 0 Å². The molecule has 1 atom stereocenters. The van der Waals surface area contributed by atoms with Gasteiger partial charge in [-0.1, -0.05) is 50.3 Å². The number of pyridine rings is 1. The number of rotatable bonds is 2. The predicted molar refractivity (Wildman–Crippen MR) is 113 cm³/mol. The van der Waals surface area contributed by atoms with Crippen molar-refractivity contribution < 1.29 is 4.79 Å². The summed E-state index contributed by atoms with van der Waals surface area (Å²) >= 11 is 0. The van der Waals surface area contributed by atoms with Gasteiger partial charge in [-0.25, -0.2) is 0 Å². The van der Waals surface area contributed by atoms with Crippen LogP contribution >= 0.6 is 0 Å². The van der Waals surface area contributed by atoms with E-state index in [1.165, 1.54) is 11.3 Å². The van der Waals surface area contributed by atoms with Crippen LogP contribution in [0, 0.1) is 0 Å².